The van der Waals surface area contributed by atoms with Crippen LogP contribution in [-0.4, -0.2) is 25.3 Å². The number of furan rings is 1. The van der Waals surface area contributed by atoms with Crippen LogP contribution in [0.5, 0.6) is 11.5 Å². The number of benzene rings is 1. The Balaban J connectivity index is 2.84. The number of hydrogen-bond acceptors (Lipinski definition) is 4. The molecule has 5 heteroatoms. The summed E-state index contributed by atoms with van der Waals surface area (Å²) in [5.74, 6) is -0.423. The maximum Gasteiger partial charge on any atom is 0.339 e. The van der Waals surface area contributed by atoms with Crippen molar-refractivity contribution < 1.29 is 23.8 Å². The highest BCUT2D eigenvalue weighted by atomic mass is 16.5. The average Bonchev–Trinajstić information content (AvgIpc) is 2.75. The second kappa shape index (κ2) is 3.77. The first-order chi connectivity index (χ1) is 7.69. The molecule has 0 spiro atoms. The first-order valence-corrected chi connectivity index (χ1v) is 4.54. The minimum atomic E-state index is -1.07. The van der Waals surface area contributed by atoms with Crippen LogP contribution in [0.1, 0.15) is 10.4 Å². The molecule has 0 aliphatic carbocycles. The van der Waals surface area contributed by atoms with Crippen molar-refractivity contribution in [1.29, 1.82) is 0 Å². The summed E-state index contributed by atoms with van der Waals surface area (Å²) in [5, 5.41) is 9.63. The number of fused-ring (bicyclic) bond motifs is 1. The van der Waals surface area contributed by atoms with Crippen molar-refractivity contribution in [3.05, 3.63) is 24.0 Å². The van der Waals surface area contributed by atoms with E-state index >= 15 is 0 Å². The van der Waals surface area contributed by atoms with Crippen LogP contribution in [0.25, 0.3) is 11.0 Å². The zero-order chi connectivity index (χ0) is 11.7. The number of methoxy groups -OCH3 is 2. The first-order valence-electron chi connectivity index (χ1n) is 4.54. The lowest BCUT2D eigenvalue weighted by Gasteiger charge is -2.08. The summed E-state index contributed by atoms with van der Waals surface area (Å²) in [6.45, 7) is 0. The predicted molar refractivity (Wildman–Crippen MR) is 56.3 cm³/mol. The molecule has 1 aromatic heterocycles. The molecule has 0 saturated carbocycles. The molecule has 2 rings (SSSR count). The van der Waals surface area contributed by atoms with E-state index in [0.29, 0.717) is 16.7 Å². The molecule has 0 aliphatic rings. The molecule has 0 unspecified atom stereocenters. The van der Waals surface area contributed by atoms with E-state index in [1.807, 2.05) is 0 Å². The van der Waals surface area contributed by atoms with E-state index < -0.39 is 5.97 Å². The van der Waals surface area contributed by atoms with Gasteiger partial charge in [0, 0.05) is 6.07 Å². The number of rotatable bonds is 3. The topological polar surface area (TPSA) is 68.9 Å². The van der Waals surface area contributed by atoms with Gasteiger partial charge in [0.1, 0.15) is 11.3 Å². The Morgan fingerprint density at radius 1 is 1.38 bits per heavy atom. The van der Waals surface area contributed by atoms with Crippen LogP contribution in [-0.2, 0) is 0 Å². The molecule has 1 N–H and O–H groups in total. The fourth-order valence-corrected chi connectivity index (χ4v) is 1.62. The van der Waals surface area contributed by atoms with E-state index in [1.54, 1.807) is 6.07 Å². The van der Waals surface area contributed by atoms with Gasteiger partial charge < -0.3 is 19.0 Å². The minimum Gasteiger partial charge on any atom is -0.495 e. The van der Waals surface area contributed by atoms with Crippen LogP contribution in [0.2, 0.25) is 0 Å². The van der Waals surface area contributed by atoms with Gasteiger partial charge in [-0.15, -0.1) is 0 Å². The van der Waals surface area contributed by atoms with Crippen LogP contribution < -0.4 is 9.47 Å². The molecular formula is C11H10O5. The van der Waals surface area contributed by atoms with Crippen molar-refractivity contribution in [3.8, 4) is 11.5 Å². The van der Waals surface area contributed by atoms with Crippen LogP contribution in [0.15, 0.2) is 22.8 Å². The van der Waals surface area contributed by atoms with E-state index in [1.165, 1.54) is 26.5 Å². The second-order valence-corrected chi connectivity index (χ2v) is 3.13. The van der Waals surface area contributed by atoms with E-state index in [-0.39, 0.29) is 11.3 Å². The average molecular weight is 222 g/mol. The molecule has 1 heterocycles. The van der Waals surface area contributed by atoms with Gasteiger partial charge in [0.05, 0.1) is 25.9 Å². The molecule has 5 nitrogen and oxygen atoms in total. The van der Waals surface area contributed by atoms with E-state index in [9.17, 15) is 4.79 Å². The number of hydrogen-bond donors (Lipinski definition) is 1. The predicted octanol–water partition coefficient (Wildman–Crippen LogP) is 2.15. The fraction of sp³-hybridized carbons (Fsp3) is 0.182. The van der Waals surface area contributed by atoms with E-state index in [0.717, 1.165) is 0 Å². The Morgan fingerprint density at radius 2 is 2.12 bits per heavy atom. The Labute approximate surface area is 91.2 Å². The third-order valence-electron chi connectivity index (χ3n) is 2.31. The highest BCUT2D eigenvalue weighted by Gasteiger charge is 2.19. The Hall–Kier alpha value is -2.17. The van der Waals surface area contributed by atoms with Crippen molar-refractivity contribution in [1.82, 2.24) is 0 Å². The van der Waals surface area contributed by atoms with Crippen LogP contribution in [0.3, 0.4) is 0 Å². The maximum absolute atomic E-state index is 11.0. The highest BCUT2D eigenvalue weighted by Crippen LogP contribution is 2.37. The highest BCUT2D eigenvalue weighted by molar-refractivity contribution is 6.01. The third-order valence-corrected chi connectivity index (χ3v) is 2.31. The first kappa shape index (κ1) is 10.4. The molecule has 2 aromatic rings. The summed E-state index contributed by atoms with van der Waals surface area (Å²) in [7, 11) is 2.87. The van der Waals surface area contributed by atoms with Crippen LogP contribution >= 0.6 is 0 Å². The van der Waals surface area contributed by atoms with Gasteiger partial charge in [0.2, 0.25) is 0 Å². The molecule has 0 atom stereocenters. The van der Waals surface area contributed by atoms with Crippen molar-refractivity contribution in [2.45, 2.75) is 0 Å². The maximum atomic E-state index is 11.0. The van der Waals surface area contributed by atoms with Crippen LogP contribution in [0, 0.1) is 0 Å². The van der Waals surface area contributed by atoms with Crippen molar-refractivity contribution in [2.75, 3.05) is 14.2 Å². The lowest BCUT2D eigenvalue weighted by molar-refractivity contribution is 0.0693. The van der Waals surface area contributed by atoms with Gasteiger partial charge in [-0.3, -0.25) is 0 Å². The normalized spacial score (nSPS) is 10.4. The summed E-state index contributed by atoms with van der Waals surface area (Å²) in [6, 6.07) is 3.02. The van der Waals surface area contributed by atoms with E-state index in [4.69, 9.17) is 19.0 Å². The molecule has 16 heavy (non-hydrogen) atoms. The smallest absolute Gasteiger partial charge is 0.339 e. The van der Waals surface area contributed by atoms with E-state index in [2.05, 4.69) is 0 Å². The molecule has 0 bridgehead atoms. The zero-order valence-corrected chi connectivity index (χ0v) is 8.81. The molecule has 84 valence electrons. The standard InChI is InChI=1S/C11H10O5/c1-14-8-5-7(11(12)13)9(15-2)6-3-4-16-10(6)8/h3-5H,1-2H3,(H,12,13). The third kappa shape index (κ3) is 1.37. The van der Waals surface area contributed by atoms with Gasteiger partial charge in [-0.25, -0.2) is 4.79 Å². The largest absolute Gasteiger partial charge is 0.495 e. The molecular weight excluding hydrogens is 212 g/mol. The Bertz CT molecular complexity index is 541. The van der Waals surface area contributed by atoms with Gasteiger partial charge in [-0.2, -0.15) is 0 Å². The number of carboxylic acids is 1. The summed E-state index contributed by atoms with van der Waals surface area (Å²) in [5.41, 5.74) is 0.526. The van der Waals surface area contributed by atoms with Gasteiger partial charge in [-0.1, -0.05) is 0 Å². The summed E-state index contributed by atoms with van der Waals surface area (Å²) in [6.07, 6.45) is 1.46. The molecule has 0 fully saturated rings. The van der Waals surface area contributed by atoms with Gasteiger partial charge in [0.15, 0.2) is 11.3 Å². The minimum absolute atomic E-state index is 0.0493. The summed E-state index contributed by atoms with van der Waals surface area (Å²) < 4.78 is 15.4. The Morgan fingerprint density at radius 3 is 2.69 bits per heavy atom. The number of carboxylic acid groups (broad SMARTS) is 1. The molecule has 0 saturated heterocycles. The summed E-state index contributed by atoms with van der Waals surface area (Å²) >= 11 is 0. The molecule has 0 amide bonds. The quantitative estimate of drug-likeness (QED) is 0.861. The fourth-order valence-electron chi connectivity index (χ4n) is 1.62. The number of aromatic carboxylic acids is 1. The lowest BCUT2D eigenvalue weighted by Crippen LogP contribution is -2.01. The van der Waals surface area contributed by atoms with Crippen molar-refractivity contribution in [2.24, 2.45) is 0 Å². The van der Waals surface area contributed by atoms with Gasteiger partial charge in [-0.05, 0) is 6.07 Å². The van der Waals surface area contributed by atoms with Gasteiger partial charge >= 0.3 is 5.97 Å². The summed E-state index contributed by atoms with van der Waals surface area (Å²) in [4.78, 5) is 11.0. The lowest BCUT2D eigenvalue weighted by atomic mass is 10.1. The monoisotopic (exact) mass is 222 g/mol. The Kier molecular flexibility index (Phi) is 2.44. The SMILES string of the molecule is COc1c(C(=O)O)cc(OC)c2occc12. The van der Waals surface area contributed by atoms with Crippen molar-refractivity contribution >= 4 is 16.9 Å². The molecule has 0 aliphatic heterocycles. The second-order valence-electron chi connectivity index (χ2n) is 3.13. The zero-order valence-electron chi connectivity index (χ0n) is 8.81. The molecule has 0 radical (unpaired) electrons. The van der Waals surface area contributed by atoms with Crippen molar-refractivity contribution in [3.63, 3.8) is 0 Å². The molecule has 1 aromatic carbocycles. The number of ether oxygens (including phenoxy) is 2. The van der Waals surface area contributed by atoms with Crippen LogP contribution in [0.4, 0.5) is 0 Å². The van der Waals surface area contributed by atoms with Gasteiger partial charge in [0.25, 0.3) is 0 Å². The number of carbonyl (C=O) groups is 1.